The Balaban J connectivity index is 2.39. The summed E-state index contributed by atoms with van der Waals surface area (Å²) < 4.78 is 0. The maximum absolute atomic E-state index is 4.67. The van der Waals surface area contributed by atoms with Gasteiger partial charge in [-0.1, -0.05) is 18.2 Å². The lowest BCUT2D eigenvalue weighted by molar-refractivity contribution is 1.30. The van der Waals surface area contributed by atoms with Gasteiger partial charge in [-0.2, -0.15) is 0 Å². The molecule has 0 N–H and O–H groups in total. The number of benzene rings is 1. The van der Waals surface area contributed by atoms with Crippen LogP contribution in [0.25, 0.3) is 0 Å². The molecule has 0 unspecified atom stereocenters. The minimum atomic E-state index is 0.992. The molecule has 2 heteroatoms. The first kappa shape index (κ1) is 11.5. The molecule has 0 saturated carbocycles. The molecule has 1 aromatic heterocycles. The molecule has 0 spiro atoms. The second-order valence-corrected chi connectivity index (χ2v) is 4.23. The molecule has 0 saturated heterocycles. The lowest BCUT2D eigenvalue weighted by Gasteiger charge is -2.04. The van der Waals surface area contributed by atoms with Gasteiger partial charge in [0.1, 0.15) is 0 Å². The van der Waals surface area contributed by atoms with E-state index in [4.69, 9.17) is 0 Å². The van der Waals surface area contributed by atoms with Crippen LogP contribution in [0.5, 0.6) is 0 Å². The van der Waals surface area contributed by atoms with E-state index in [-0.39, 0.29) is 0 Å². The third kappa shape index (κ3) is 2.78. The van der Waals surface area contributed by atoms with Crippen LogP contribution in [-0.4, -0.2) is 10.7 Å². The van der Waals surface area contributed by atoms with Crippen LogP contribution in [0.2, 0.25) is 0 Å². The number of aliphatic imine (C=N–C) groups is 1. The predicted octanol–water partition coefficient (Wildman–Crippen LogP) is 3.84. The maximum Gasteiger partial charge on any atom is 0.0664 e. The van der Waals surface area contributed by atoms with Gasteiger partial charge in [-0.05, 0) is 44.0 Å². The molecule has 0 radical (unpaired) electrons. The SMILES string of the molecule is CC(=Nc1cc(C)ccc1C)c1cccnc1. The Kier molecular flexibility index (Phi) is 3.33. The van der Waals surface area contributed by atoms with E-state index in [1.54, 1.807) is 6.20 Å². The Morgan fingerprint density at radius 3 is 2.71 bits per heavy atom. The molecule has 86 valence electrons. The Bertz CT molecular complexity index is 542. The Hall–Kier alpha value is -1.96. The fourth-order valence-corrected chi connectivity index (χ4v) is 1.66. The monoisotopic (exact) mass is 224 g/mol. The third-order valence-corrected chi connectivity index (χ3v) is 2.73. The quantitative estimate of drug-likeness (QED) is 0.711. The lowest BCUT2D eigenvalue weighted by atomic mass is 10.1. The fourth-order valence-electron chi connectivity index (χ4n) is 1.66. The van der Waals surface area contributed by atoms with Gasteiger partial charge in [0.15, 0.2) is 0 Å². The van der Waals surface area contributed by atoms with Gasteiger partial charge in [-0.25, -0.2) is 0 Å². The van der Waals surface area contributed by atoms with Gasteiger partial charge < -0.3 is 0 Å². The van der Waals surface area contributed by atoms with E-state index in [0.29, 0.717) is 0 Å². The van der Waals surface area contributed by atoms with Crippen molar-refractivity contribution in [2.45, 2.75) is 20.8 Å². The summed E-state index contributed by atoms with van der Waals surface area (Å²) in [5.41, 5.74) is 5.51. The summed E-state index contributed by atoms with van der Waals surface area (Å²) in [5.74, 6) is 0. The lowest BCUT2D eigenvalue weighted by Crippen LogP contribution is -1.94. The van der Waals surface area contributed by atoms with Gasteiger partial charge in [0, 0.05) is 23.7 Å². The zero-order valence-electron chi connectivity index (χ0n) is 10.4. The number of aryl methyl sites for hydroxylation is 2. The highest BCUT2D eigenvalue weighted by Gasteiger charge is 2.00. The second kappa shape index (κ2) is 4.91. The molecule has 0 aliphatic rings. The summed E-state index contributed by atoms with van der Waals surface area (Å²) in [6, 6.07) is 10.3. The van der Waals surface area contributed by atoms with Crippen LogP contribution < -0.4 is 0 Å². The largest absolute Gasteiger partial charge is 0.264 e. The van der Waals surface area contributed by atoms with Crippen molar-refractivity contribution in [3.8, 4) is 0 Å². The van der Waals surface area contributed by atoms with Gasteiger partial charge in [0.25, 0.3) is 0 Å². The van der Waals surface area contributed by atoms with Crippen molar-refractivity contribution in [3.63, 3.8) is 0 Å². The van der Waals surface area contributed by atoms with Crippen molar-refractivity contribution in [3.05, 3.63) is 59.4 Å². The molecular formula is C15H16N2. The van der Waals surface area contributed by atoms with Crippen LogP contribution in [0.15, 0.2) is 47.7 Å². The summed E-state index contributed by atoms with van der Waals surface area (Å²) in [6.07, 6.45) is 3.61. The van der Waals surface area contributed by atoms with E-state index >= 15 is 0 Å². The zero-order chi connectivity index (χ0) is 12.3. The minimum Gasteiger partial charge on any atom is -0.264 e. The molecule has 0 aliphatic carbocycles. The smallest absolute Gasteiger partial charge is 0.0664 e. The molecule has 0 atom stereocenters. The van der Waals surface area contributed by atoms with E-state index in [1.807, 2.05) is 25.3 Å². The van der Waals surface area contributed by atoms with E-state index in [9.17, 15) is 0 Å². The standard InChI is InChI=1S/C15H16N2/c1-11-6-7-12(2)15(9-11)17-13(3)14-5-4-8-16-10-14/h4-10H,1-3H3. The van der Waals surface area contributed by atoms with Gasteiger partial charge in [0.05, 0.1) is 5.69 Å². The molecule has 0 bridgehead atoms. The number of pyridine rings is 1. The van der Waals surface area contributed by atoms with Crippen molar-refractivity contribution in [1.29, 1.82) is 0 Å². The average molecular weight is 224 g/mol. The van der Waals surface area contributed by atoms with Crippen molar-refractivity contribution in [2.75, 3.05) is 0 Å². The molecule has 0 amide bonds. The third-order valence-electron chi connectivity index (χ3n) is 2.73. The highest BCUT2D eigenvalue weighted by molar-refractivity contribution is 6.00. The summed E-state index contributed by atoms with van der Waals surface area (Å²) in [6.45, 7) is 6.17. The van der Waals surface area contributed by atoms with Crippen LogP contribution >= 0.6 is 0 Å². The summed E-state index contributed by atoms with van der Waals surface area (Å²) in [4.78, 5) is 8.77. The second-order valence-electron chi connectivity index (χ2n) is 4.23. The maximum atomic E-state index is 4.67. The molecule has 2 rings (SSSR count). The first-order valence-corrected chi connectivity index (χ1v) is 5.70. The first-order valence-electron chi connectivity index (χ1n) is 5.70. The fraction of sp³-hybridized carbons (Fsp3) is 0.200. The molecule has 0 fully saturated rings. The summed E-state index contributed by atoms with van der Waals surface area (Å²) in [5, 5.41) is 0. The number of nitrogens with zero attached hydrogens (tertiary/aromatic N) is 2. The predicted molar refractivity (Wildman–Crippen MR) is 72.0 cm³/mol. The van der Waals surface area contributed by atoms with Gasteiger partial charge >= 0.3 is 0 Å². The van der Waals surface area contributed by atoms with Gasteiger partial charge in [-0.15, -0.1) is 0 Å². The van der Waals surface area contributed by atoms with Crippen molar-refractivity contribution in [1.82, 2.24) is 4.98 Å². The van der Waals surface area contributed by atoms with E-state index < -0.39 is 0 Å². The highest BCUT2D eigenvalue weighted by atomic mass is 14.8. The van der Waals surface area contributed by atoms with Crippen LogP contribution in [0.3, 0.4) is 0 Å². The highest BCUT2D eigenvalue weighted by Crippen LogP contribution is 2.20. The van der Waals surface area contributed by atoms with Crippen LogP contribution in [0, 0.1) is 13.8 Å². The van der Waals surface area contributed by atoms with Crippen LogP contribution in [0.4, 0.5) is 5.69 Å². The Morgan fingerprint density at radius 1 is 1.18 bits per heavy atom. The van der Waals surface area contributed by atoms with Crippen molar-refractivity contribution in [2.24, 2.45) is 4.99 Å². The molecule has 1 aromatic carbocycles. The number of rotatable bonds is 2. The number of hydrogen-bond donors (Lipinski definition) is 0. The molecule has 1 heterocycles. The number of hydrogen-bond acceptors (Lipinski definition) is 2. The average Bonchev–Trinajstić information content (AvgIpc) is 2.35. The summed E-state index contributed by atoms with van der Waals surface area (Å²) >= 11 is 0. The Morgan fingerprint density at radius 2 is 2.00 bits per heavy atom. The van der Waals surface area contributed by atoms with E-state index in [0.717, 1.165) is 17.0 Å². The zero-order valence-corrected chi connectivity index (χ0v) is 10.4. The van der Waals surface area contributed by atoms with E-state index in [1.165, 1.54) is 11.1 Å². The molecule has 2 aromatic rings. The molecule has 0 aliphatic heterocycles. The minimum absolute atomic E-state index is 0.992. The number of aromatic nitrogens is 1. The molecular weight excluding hydrogens is 208 g/mol. The molecule has 17 heavy (non-hydrogen) atoms. The normalized spacial score (nSPS) is 11.6. The van der Waals surface area contributed by atoms with Gasteiger partial charge in [0.2, 0.25) is 0 Å². The topological polar surface area (TPSA) is 25.2 Å². The molecule has 2 nitrogen and oxygen atoms in total. The summed E-state index contributed by atoms with van der Waals surface area (Å²) in [7, 11) is 0. The van der Waals surface area contributed by atoms with E-state index in [2.05, 4.69) is 42.0 Å². The van der Waals surface area contributed by atoms with Gasteiger partial charge in [-0.3, -0.25) is 9.98 Å². The van der Waals surface area contributed by atoms with Crippen LogP contribution in [-0.2, 0) is 0 Å². The van der Waals surface area contributed by atoms with Crippen LogP contribution in [0.1, 0.15) is 23.6 Å². The Labute approximate surface area is 102 Å². The van der Waals surface area contributed by atoms with Crippen molar-refractivity contribution >= 4 is 11.4 Å². The van der Waals surface area contributed by atoms with Crippen molar-refractivity contribution < 1.29 is 0 Å². The first-order chi connectivity index (χ1) is 8.16.